The lowest BCUT2D eigenvalue weighted by atomic mass is 9.80. The zero-order chi connectivity index (χ0) is 32.4. The lowest BCUT2D eigenvalue weighted by Crippen LogP contribution is -2.27. The zero-order valence-corrected chi connectivity index (χ0v) is 27.0. The fraction of sp³-hybridized carbons (Fsp3) is 0.405. The van der Waals surface area contributed by atoms with Gasteiger partial charge in [-0.1, -0.05) is 56.3 Å². The molecular weight excluding hydrogens is 562 g/mol. The molecule has 2 saturated carbocycles. The molecule has 2 aromatic carbocycles. The van der Waals surface area contributed by atoms with Crippen LogP contribution in [0.3, 0.4) is 0 Å². The van der Waals surface area contributed by atoms with Gasteiger partial charge in [-0.15, -0.1) is 0 Å². The summed E-state index contributed by atoms with van der Waals surface area (Å²) in [6.07, 6.45) is 5.38. The second kappa shape index (κ2) is 13.0. The third-order valence-corrected chi connectivity index (χ3v) is 9.72. The van der Waals surface area contributed by atoms with Gasteiger partial charge in [0.15, 0.2) is 0 Å². The molecule has 0 radical (unpaired) electrons. The van der Waals surface area contributed by atoms with Gasteiger partial charge in [0.05, 0.1) is 36.6 Å². The number of hydrogen-bond acceptors (Lipinski definition) is 8. The Morgan fingerprint density at radius 1 is 1.07 bits per heavy atom. The predicted molar refractivity (Wildman–Crippen MR) is 182 cm³/mol. The number of aromatic nitrogens is 1. The second-order valence-electron chi connectivity index (χ2n) is 12.9. The minimum absolute atomic E-state index is 0.0774. The monoisotopic (exact) mass is 607 g/mol. The number of methoxy groups -OCH3 is 1. The number of nitrogens with two attached hydrogens (primary N) is 2. The van der Waals surface area contributed by atoms with Crippen LogP contribution >= 0.6 is 0 Å². The van der Waals surface area contributed by atoms with Crippen LogP contribution in [0.15, 0.2) is 76.2 Å². The van der Waals surface area contributed by atoms with E-state index in [2.05, 4.69) is 24.9 Å². The molecule has 3 aromatic rings. The van der Waals surface area contributed by atoms with E-state index < -0.39 is 6.10 Å². The van der Waals surface area contributed by atoms with Crippen LogP contribution in [0.4, 0.5) is 11.4 Å². The highest BCUT2D eigenvalue weighted by molar-refractivity contribution is 6.07. The van der Waals surface area contributed by atoms with Crippen LogP contribution in [-0.4, -0.2) is 41.6 Å². The first kappa shape index (κ1) is 32.1. The maximum atomic E-state index is 12.6. The summed E-state index contributed by atoms with van der Waals surface area (Å²) >= 11 is 0. The number of benzene rings is 2. The molecular formula is C37H45N5O3. The number of aryl methyl sites for hydroxylation is 1. The van der Waals surface area contributed by atoms with Crippen molar-refractivity contribution in [2.45, 2.75) is 71.3 Å². The van der Waals surface area contributed by atoms with E-state index in [0.717, 1.165) is 71.6 Å². The molecule has 0 aliphatic heterocycles. The molecule has 0 saturated heterocycles. The maximum Gasteiger partial charge on any atom is 0.311 e. The van der Waals surface area contributed by atoms with Crippen LogP contribution in [0, 0.1) is 18.3 Å². The van der Waals surface area contributed by atoms with Gasteiger partial charge in [-0.25, -0.2) is 0 Å². The van der Waals surface area contributed by atoms with E-state index >= 15 is 0 Å². The number of ether oxygens (including phenoxy) is 1. The summed E-state index contributed by atoms with van der Waals surface area (Å²) < 4.78 is 5.16. The number of carbonyl (C=O) groups is 1. The van der Waals surface area contributed by atoms with E-state index in [1.54, 1.807) is 6.21 Å². The van der Waals surface area contributed by atoms with Crippen LogP contribution in [0.1, 0.15) is 87.1 Å². The Labute approximate surface area is 266 Å². The van der Waals surface area contributed by atoms with Crippen molar-refractivity contribution in [3.05, 3.63) is 94.3 Å². The molecule has 0 amide bonds. The molecule has 2 fully saturated rings. The Morgan fingerprint density at radius 2 is 1.78 bits per heavy atom. The number of nitrogens with zero attached hydrogens (tertiary/aromatic N) is 3. The van der Waals surface area contributed by atoms with Crippen molar-refractivity contribution < 1.29 is 14.6 Å². The molecule has 8 nitrogen and oxygen atoms in total. The van der Waals surface area contributed by atoms with Crippen LogP contribution in [0.5, 0.6) is 0 Å². The van der Waals surface area contributed by atoms with Gasteiger partial charge in [0.25, 0.3) is 0 Å². The molecule has 8 heteroatoms. The van der Waals surface area contributed by atoms with E-state index in [1.165, 1.54) is 7.11 Å². The fourth-order valence-electron chi connectivity index (χ4n) is 7.31. The molecule has 1 heterocycles. The quantitative estimate of drug-likeness (QED) is 0.135. The SMILES string of the molecule is COC(=O)C12CCC(c3ccc(N=C(C)/C(=C(\N)c4cccc(N)c4C=NCC(O)c4ccccc4)C(C)C)c(C)n3)(CC1)C2. The lowest BCUT2D eigenvalue weighted by molar-refractivity contribution is -0.152. The average molecular weight is 608 g/mol. The number of anilines is 1. The Morgan fingerprint density at radius 3 is 2.42 bits per heavy atom. The standard InChI is InChI=1S/C37H45N5O3/c1-23(2)33(34(39)27-12-9-13-29(38)28(27)20-40-21-31(43)26-10-7-6-8-11-26)25(4)41-30-14-15-32(42-24(30)3)36-16-18-37(22-36,19-17-36)35(44)45-5/h6-15,20,23,31,43H,16-19,21-22,38-39H2,1-5H3/b34-33-,40-20?,41-25?. The van der Waals surface area contributed by atoms with Gasteiger partial charge in [-0.3, -0.25) is 19.8 Å². The number of fused-ring (bicyclic) bond motifs is 2. The maximum absolute atomic E-state index is 12.6. The highest BCUT2D eigenvalue weighted by atomic mass is 16.5. The molecule has 5 N–H and O–H groups in total. The van der Waals surface area contributed by atoms with E-state index in [0.29, 0.717) is 16.9 Å². The summed E-state index contributed by atoms with van der Waals surface area (Å²) in [4.78, 5) is 27.1. The second-order valence-corrected chi connectivity index (χ2v) is 12.9. The largest absolute Gasteiger partial charge is 0.469 e. The van der Waals surface area contributed by atoms with Gasteiger partial charge in [0.1, 0.15) is 0 Å². The predicted octanol–water partition coefficient (Wildman–Crippen LogP) is 6.62. The van der Waals surface area contributed by atoms with E-state index in [9.17, 15) is 9.90 Å². The summed E-state index contributed by atoms with van der Waals surface area (Å²) in [5, 5.41) is 10.6. The highest BCUT2D eigenvalue weighted by Crippen LogP contribution is 2.62. The number of nitrogen functional groups attached to an aromatic ring is 1. The molecule has 5 rings (SSSR count). The number of hydrogen-bond donors (Lipinski definition) is 3. The molecule has 2 bridgehead atoms. The van der Waals surface area contributed by atoms with E-state index in [4.69, 9.17) is 26.2 Å². The topological polar surface area (TPSA) is 136 Å². The van der Waals surface area contributed by atoms with Crippen LogP contribution in [-0.2, 0) is 14.9 Å². The van der Waals surface area contributed by atoms with Gasteiger partial charge in [-0.2, -0.15) is 0 Å². The third kappa shape index (κ3) is 6.29. The first-order valence-corrected chi connectivity index (χ1v) is 15.7. The average Bonchev–Trinajstić information content (AvgIpc) is 3.62. The minimum atomic E-state index is -0.718. The van der Waals surface area contributed by atoms with Crippen molar-refractivity contribution >= 4 is 35.0 Å². The number of esters is 1. The number of allylic oxidation sites excluding steroid dienone is 1. The van der Waals surface area contributed by atoms with Crippen molar-refractivity contribution in [1.82, 2.24) is 4.98 Å². The molecule has 236 valence electrons. The highest BCUT2D eigenvalue weighted by Gasteiger charge is 2.59. The Bertz CT molecular complexity index is 1650. The van der Waals surface area contributed by atoms with Gasteiger partial charge in [0.2, 0.25) is 0 Å². The minimum Gasteiger partial charge on any atom is -0.469 e. The van der Waals surface area contributed by atoms with Crippen molar-refractivity contribution in [2.24, 2.45) is 27.1 Å². The van der Waals surface area contributed by atoms with Gasteiger partial charge in [-0.05, 0) is 81.2 Å². The summed E-state index contributed by atoms with van der Waals surface area (Å²) in [7, 11) is 1.49. The third-order valence-electron chi connectivity index (χ3n) is 9.72. The summed E-state index contributed by atoms with van der Waals surface area (Å²) in [6.45, 7) is 8.36. The first-order valence-electron chi connectivity index (χ1n) is 15.7. The Balaban J connectivity index is 1.42. The molecule has 1 aromatic heterocycles. The van der Waals surface area contributed by atoms with Gasteiger partial charge < -0.3 is 21.3 Å². The van der Waals surface area contributed by atoms with Gasteiger partial charge in [0, 0.05) is 45.5 Å². The fourth-order valence-corrected chi connectivity index (χ4v) is 7.31. The normalized spacial score (nSPS) is 22.6. The molecule has 2 aliphatic carbocycles. The number of carbonyl (C=O) groups excluding carboxylic acids is 1. The Kier molecular flexibility index (Phi) is 9.26. The van der Waals surface area contributed by atoms with E-state index in [-0.39, 0.29) is 29.3 Å². The zero-order valence-electron chi connectivity index (χ0n) is 27.0. The van der Waals surface area contributed by atoms with Crippen molar-refractivity contribution in [3.8, 4) is 0 Å². The lowest BCUT2D eigenvalue weighted by Gasteiger charge is -2.26. The summed E-state index contributed by atoms with van der Waals surface area (Å²) in [6, 6.07) is 19.2. The molecule has 1 atom stereocenters. The number of aliphatic imine (C=N–C) groups is 2. The smallest absolute Gasteiger partial charge is 0.311 e. The number of pyridine rings is 1. The van der Waals surface area contributed by atoms with Crippen LogP contribution in [0.25, 0.3) is 5.70 Å². The number of rotatable bonds is 10. The first-order chi connectivity index (χ1) is 21.5. The van der Waals surface area contributed by atoms with E-state index in [1.807, 2.05) is 68.4 Å². The molecule has 0 spiro atoms. The van der Waals surface area contributed by atoms with Crippen molar-refractivity contribution in [1.29, 1.82) is 0 Å². The van der Waals surface area contributed by atoms with Crippen molar-refractivity contribution in [3.63, 3.8) is 0 Å². The van der Waals surface area contributed by atoms with Gasteiger partial charge >= 0.3 is 5.97 Å². The van der Waals surface area contributed by atoms with Crippen LogP contribution in [0.2, 0.25) is 0 Å². The van der Waals surface area contributed by atoms with Crippen LogP contribution < -0.4 is 11.5 Å². The number of aliphatic hydroxyl groups excluding tert-OH is 1. The van der Waals surface area contributed by atoms with Crippen molar-refractivity contribution in [2.75, 3.05) is 19.4 Å². The summed E-state index contributed by atoms with van der Waals surface area (Å²) in [5.41, 5.74) is 20.7. The number of aliphatic hydroxyl groups is 1. The molecule has 45 heavy (non-hydrogen) atoms. The molecule has 2 aliphatic rings. The summed E-state index contributed by atoms with van der Waals surface area (Å²) in [5.74, 6) is -0.00451. The Hall–Kier alpha value is -4.30. The molecule has 1 unspecified atom stereocenters.